The van der Waals surface area contributed by atoms with Crippen LogP contribution >= 0.6 is 12.4 Å². The third-order valence-electron chi connectivity index (χ3n) is 4.22. The molecule has 2 aliphatic heterocycles. The molecule has 0 unspecified atom stereocenters. The fraction of sp³-hybridized carbons (Fsp3) is 0.533. The number of nitrogens with one attached hydrogen (secondary N) is 1. The van der Waals surface area contributed by atoms with Gasteiger partial charge in [-0.1, -0.05) is 0 Å². The van der Waals surface area contributed by atoms with Gasteiger partial charge in [0, 0.05) is 12.8 Å². The second-order valence-electron chi connectivity index (χ2n) is 5.57. The second kappa shape index (κ2) is 5.14. The molecule has 0 bridgehead atoms. The summed E-state index contributed by atoms with van der Waals surface area (Å²) in [6, 6.07) is 3.99. The Bertz CT molecular complexity index is 507. The summed E-state index contributed by atoms with van der Waals surface area (Å²) in [6.07, 6.45) is 2.38. The Balaban J connectivity index is 0.00000133. The first-order valence-corrected chi connectivity index (χ1v) is 6.64. The van der Waals surface area contributed by atoms with E-state index in [0.717, 1.165) is 42.8 Å². The molecule has 19 heavy (non-hydrogen) atoms. The number of Topliss-reactive ketones (excluding diaryl/α,β-unsaturated/α-hetero) is 1. The largest absolute Gasteiger partial charge is 0.486 e. The summed E-state index contributed by atoms with van der Waals surface area (Å²) in [6.45, 7) is 5.98. The fourth-order valence-corrected chi connectivity index (χ4v) is 2.91. The number of benzene rings is 1. The van der Waals surface area contributed by atoms with Gasteiger partial charge in [0.05, 0.1) is 12.0 Å². The van der Waals surface area contributed by atoms with Crippen LogP contribution in [0.25, 0.3) is 0 Å². The lowest BCUT2D eigenvalue weighted by Crippen LogP contribution is -2.49. The maximum absolute atomic E-state index is 12.3. The zero-order chi connectivity index (χ0) is 12.8. The van der Waals surface area contributed by atoms with Crippen LogP contribution in [0, 0.1) is 13.8 Å². The Hall–Kier alpha value is -1.06. The molecule has 1 aromatic rings. The highest BCUT2D eigenvalue weighted by molar-refractivity contribution is 6.00. The van der Waals surface area contributed by atoms with Crippen LogP contribution < -0.4 is 10.1 Å². The van der Waals surface area contributed by atoms with Gasteiger partial charge in [-0.05, 0) is 50.2 Å². The average Bonchev–Trinajstić information content (AvgIpc) is 2.33. The smallest absolute Gasteiger partial charge is 0.170 e. The number of rotatable bonds is 0. The molecule has 0 aromatic heterocycles. The fourth-order valence-electron chi connectivity index (χ4n) is 2.91. The number of hydrogen-bond donors (Lipinski definition) is 1. The molecule has 1 saturated heterocycles. The van der Waals surface area contributed by atoms with Gasteiger partial charge in [-0.2, -0.15) is 0 Å². The zero-order valence-electron chi connectivity index (χ0n) is 11.4. The van der Waals surface area contributed by atoms with Crippen molar-refractivity contribution in [1.82, 2.24) is 5.32 Å². The van der Waals surface area contributed by atoms with E-state index in [-0.39, 0.29) is 23.8 Å². The topological polar surface area (TPSA) is 38.3 Å². The molecule has 1 aromatic carbocycles. The van der Waals surface area contributed by atoms with E-state index in [9.17, 15) is 4.79 Å². The summed E-state index contributed by atoms with van der Waals surface area (Å²) < 4.78 is 6.21. The van der Waals surface area contributed by atoms with Crippen LogP contribution in [0.4, 0.5) is 0 Å². The molecule has 1 spiro atoms. The first-order valence-electron chi connectivity index (χ1n) is 6.64. The van der Waals surface area contributed by atoms with Crippen LogP contribution in [0.5, 0.6) is 5.75 Å². The summed E-state index contributed by atoms with van der Waals surface area (Å²) in [5.41, 5.74) is 2.86. The molecule has 3 nitrogen and oxygen atoms in total. The normalized spacial score (nSPS) is 20.4. The van der Waals surface area contributed by atoms with E-state index in [1.54, 1.807) is 0 Å². The summed E-state index contributed by atoms with van der Waals surface area (Å²) in [5.74, 6) is 1.03. The van der Waals surface area contributed by atoms with Crippen molar-refractivity contribution in [2.45, 2.75) is 38.7 Å². The lowest BCUT2D eigenvalue weighted by molar-refractivity contribution is 0.0187. The van der Waals surface area contributed by atoms with Crippen LogP contribution in [-0.4, -0.2) is 24.5 Å². The number of carbonyl (C=O) groups excluding carboxylic acids is 1. The minimum atomic E-state index is -0.253. The maximum Gasteiger partial charge on any atom is 0.170 e. The van der Waals surface area contributed by atoms with Crippen LogP contribution in [0.3, 0.4) is 0 Å². The Morgan fingerprint density at radius 2 is 1.79 bits per heavy atom. The number of ketones is 1. The summed E-state index contributed by atoms with van der Waals surface area (Å²) in [5, 5.41) is 3.32. The molecule has 1 fully saturated rings. The second-order valence-corrected chi connectivity index (χ2v) is 5.57. The lowest BCUT2D eigenvalue weighted by Gasteiger charge is -2.41. The van der Waals surface area contributed by atoms with Crippen molar-refractivity contribution in [3.8, 4) is 5.75 Å². The minimum absolute atomic E-state index is 0. The van der Waals surface area contributed by atoms with E-state index in [0.29, 0.717) is 6.42 Å². The minimum Gasteiger partial charge on any atom is -0.486 e. The van der Waals surface area contributed by atoms with Crippen molar-refractivity contribution < 1.29 is 9.53 Å². The number of ether oxygens (including phenoxy) is 1. The molecule has 0 radical (unpaired) electrons. The van der Waals surface area contributed by atoms with Crippen LogP contribution in [0.2, 0.25) is 0 Å². The monoisotopic (exact) mass is 281 g/mol. The van der Waals surface area contributed by atoms with Gasteiger partial charge in [0.25, 0.3) is 0 Å². The lowest BCUT2D eigenvalue weighted by atomic mass is 9.82. The number of carbonyl (C=O) groups is 1. The van der Waals surface area contributed by atoms with Crippen molar-refractivity contribution in [1.29, 1.82) is 0 Å². The molecule has 2 heterocycles. The quantitative estimate of drug-likeness (QED) is 0.795. The van der Waals surface area contributed by atoms with Crippen LogP contribution in [0.15, 0.2) is 12.1 Å². The highest BCUT2D eigenvalue weighted by atomic mass is 35.5. The molecule has 1 N–H and O–H groups in total. The van der Waals surface area contributed by atoms with Gasteiger partial charge in [0.1, 0.15) is 11.4 Å². The van der Waals surface area contributed by atoms with Crippen molar-refractivity contribution in [2.24, 2.45) is 0 Å². The summed E-state index contributed by atoms with van der Waals surface area (Å²) in [7, 11) is 0. The van der Waals surface area contributed by atoms with Gasteiger partial charge in [0.15, 0.2) is 5.78 Å². The van der Waals surface area contributed by atoms with Crippen molar-refractivity contribution in [2.75, 3.05) is 13.1 Å². The van der Waals surface area contributed by atoms with Gasteiger partial charge >= 0.3 is 0 Å². The highest BCUT2D eigenvalue weighted by Crippen LogP contribution is 2.39. The maximum atomic E-state index is 12.3. The highest BCUT2D eigenvalue weighted by Gasteiger charge is 2.41. The van der Waals surface area contributed by atoms with Gasteiger partial charge in [-0.3, -0.25) is 4.79 Å². The molecule has 2 aliphatic rings. The van der Waals surface area contributed by atoms with E-state index < -0.39 is 0 Å². The molecule has 4 heteroatoms. The van der Waals surface area contributed by atoms with E-state index in [1.807, 2.05) is 19.1 Å². The number of fused-ring (bicyclic) bond motifs is 1. The van der Waals surface area contributed by atoms with Gasteiger partial charge in [-0.25, -0.2) is 0 Å². The molecule has 0 atom stereocenters. The van der Waals surface area contributed by atoms with E-state index in [4.69, 9.17) is 4.74 Å². The molecular formula is C15H20ClNO2. The first-order chi connectivity index (χ1) is 8.60. The molecule has 0 amide bonds. The predicted molar refractivity (Wildman–Crippen MR) is 77.6 cm³/mol. The van der Waals surface area contributed by atoms with Crippen molar-refractivity contribution in [3.63, 3.8) is 0 Å². The Morgan fingerprint density at radius 1 is 1.16 bits per heavy atom. The number of piperidine rings is 1. The third kappa shape index (κ3) is 2.49. The first kappa shape index (κ1) is 14.4. The number of aryl methyl sites for hydroxylation is 2. The SMILES string of the molecule is Cc1cc2c(cc1C)C(=O)CC1(CCNCC1)O2.Cl. The van der Waals surface area contributed by atoms with Crippen molar-refractivity contribution >= 4 is 18.2 Å². The summed E-state index contributed by atoms with van der Waals surface area (Å²) >= 11 is 0. The molecule has 0 saturated carbocycles. The number of halogens is 1. The predicted octanol–water partition coefficient (Wildman–Crippen LogP) is 2.81. The average molecular weight is 282 g/mol. The van der Waals surface area contributed by atoms with Crippen LogP contribution in [-0.2, 0) is 0 Å². The number of hydrogen-bond acceptors (Lipinski definition) is 3. The zero-order valence-corrected chi connectivity index (χ0v) is 12.2. The Kier molecular flexibility index (Phi) is 3.88. The Labute approximate surface area is 120 Å². The third-order valence-corrected chi connectivity index (χ3v) is 4.22. The standard InChI is InChI=1S/C15H19NO2.ClH/c1-10-7-12-13(17)9-15(3-5-16-6-4-15)18-14(12)8-11(10)2;/h7-8,16H,3-6,9H2,1-2H3;1H. The van der Waals surface area contributed by atoms with Crippen molar-refractivity contribution in [3.05, 3.63) is 28.8 Å². The molecular weight excluding hydrogens is 262 g/mol. The van der Waals surface area contributed by atoms with Gasteiger partial charge in [-0.15, -0.1) is 12.4 Å². The summed E-state index contributed by atoms with van der Waals surface area (Å²) in [4.78, 5) is 12.3. The van der Waals surface area contributed by atoms with E-state index in [2.05, 4.69) is 12.2 Å². The molecule has 0 aliphatic carbocycles. The van der Waals surface area contributed by atoms with Gasteiger partial charge in [0.2, 0.25) is 0 Å². The van der Waals surface area contributed by atoms with Gasteiger partial charge < -0.3 is 10.1 Å². The van der Waals surface area contributed by atoms with Crippen LogP contribution in [0.1, 0.15) is 40.7 Å². The van der Waals surface area contributed by atoms with E-state index in [1.165, 1.54) is 5.56 Å². The molecule has 3 rings (SSSR count). The van der Waals surface area contributed by atoms with E-state index >= 15 is 0 Å². The Morgan fingerprint density at radius 3 is 2.47 bits per heavy atom. The molecule has 104 valence electrons.